The van der Waals surface area contributed by atoms with Crippen molar-refractivity contribution in [1.82, 2.24) is 9.97 Å². The Kier molecular flexibility index (Phi) is 4.94. The van der Waals surface area contributed by atoms with Crippen LogP contribution in [0.25, 0.3) is 0 Å². The van der Waals surface area contributed by atoms with Gasteiger partial charge in [0, 0.05) is 12.6 Å². The average molecular weight is 340 g/mol. The maximum Gasteiger partial charge on any atom is 0.274 e. The van der Waals surface area contributed by atoms with E-state index in [1.54, 1.807) is 0 Å². The van der Waals surface area contributed by atoms with Gasteiger partial charge in [-0.15, -0.1) is 0 Å². The third kappa shape index (κ3) is 4.14. The third-order valence-corrected chi connectivity index (χ3v) is 3.42. The van der Waals surface area contributed by atoms with Crippen LogP contribution in [0.2, 0.25) is 0 Å². The first-order valence-electron chi connectivity index (χ1n) is 7.48. The van der Waals surface area contributed by atoms with Crippen molar-refractivity contribution in [3.05, 3.63) is 83.8 Å². The molecule has 0 saturated heterocycles. The first-order chi connectivity index (χ1) is 12.1. The Morgan fingerprint density at radius 1 is 0.960 bits per heavy atom. The summed E-state index contributed by atoms with van der Waals surface area (Å²) in [7, 11) is 0. The lowest BCUT2D eigenvalue weighted by atomic mass is 10.2. The molecule has 0 aliphatic carbocycles. The van der Waals surface area contributed by atoms with Gasteiger partial charge in [0.05, 0.1) is 0 Å². The van der Waals surface area contributed by atoms with Crippen molar-refractivity contribution in [3.8, 4) is 0 Å². The number of carbonyl (C=O) groups excluding carboxylic acids is 1. The Labute approximate surface area is 142 Å². The van der Waals surface area contributed by atoms with Gasteiger partial charge in [-0.1, -0.05) is 36.4 Å². The number of anilines is 2. The van der Waals surface area contributed by atoms with Crippen molar-refractivity contribution in [1.29, 1.82) is 0 Å². The largest absolute Gasteiger partial charge is 0.366 e. The molecule has 3 rings (SSSR count). The molecule has 0 aliphatic heterocycles. The molecule has 0 saturated carbocycles. The van der Waals surface area contributed by atoms with E-state index in [1.807, 2.05) is 30.3 Å². The molecule has 1 heterocycles. The molecule has 0 bridgehead atoms. The van der Waals surface area contributed by atoms with Crippen LogP contribution in [0.15, 0.2) is 60.9 Å². The minimum Gasteiger partial charge on any atom is -0.366 e. The van der Waals surface area contributed by atoms with E-state index in [0.717, 1.165) is 17.7 Å². The van der Waals surface area contributed by atoms with Gasteiger partial charge in [-0.25, -0.2) is 18.7 Å². The third-order valence-electron chi connectivity index (χ3n) is 3.42. The van der Waals surface area contributed by atoms with E-state index in [0.29, 0.717) is 12.4 Å². The second kappa shape index (κ2) is 7.48. The van der Waals surface area contributed by atoms with E-state index >= 15 is 0 Å². The Balaban J connectivity index is 1.71. The van der Waals surface area contributed by atoms with E-state index in [-0.39, 0.29) is 5.69 Å². The predicted molar refractivity (Wildman–Crippen MR) is 90.1 cm³/mol. The van der Waals surface area contributed by atoms with Crippen LogP contribution in [-0.4, -0.2) is 15.9 Å². The normalized spacial score (nSPS) is 10.3. The molecule has 1 amide bonds. The summed E-state index contributed by atoms with van der Waals surface area (Å²) in [5.74, 6) is -2.01. The molecule has 0 radical (unpaired) electrons. The lowest BCUT2D eigenvalue weighted by Crippen LogP contribution is -2.16. The van der Waals surface area contributed by atoms with Crippen LogP contribution in [0.1, 0.15) is 16.1 Å². The summed E-state index contributed by atoms with van der Waals surface area (Å²) < 4.78 is 27.2. The molecule has 0 atom stereocenters. The number of hydrogen-bond acceptors (Lipinski definition) is 4. The van der Waals surface area contributed by atoms with Crippen LogP contribution in [0.3, 0.4) is 0 Å². The summed E-state index contributed by atoms with van der Waals surface area (Å²) in [5.41, 5.74) is 0.527. The predicted octanol–water partition coefficient (Wildman–Crippen LogP) is 3.62. The lowest BCUT2D eigenvalue weighted by Gasteiger charge is -2.09. The topological polar surface area (TPSA) is 66.9 Å². The Morgan fingerprint density at radius 2 is 1.68 bits per heavy atom. The standard InChI is InChI=1S/C18H14F2N4O/c19-13-7-4-8-14(20)17(13)24-18(25)15-9-16(23-11-22-15)21-10-12-5-2-1-3-6-12/h1-9,11H,10H2,(H,24,25)(H,21,22,23). The molecular weight excluding hydrogens is 326 g/mol. The highest BCUT2D eigenvalue weighted by Crippen LogP contribution is 2.19. The average Bonchev–Trinajstić information content (AvgIpc) is 2.64. The summed E-state index contributed by atoms with van der Waals surface area (Å²) in [6, 6.07) is 14.4. The monoisotopic (exact) mass is 340 g/mol. The highest BCUT2D eigenvalue weighted by Gasteiger charge is 2.15. The van der Waals surface area contributed by atoms with Gasteiger partial charge in [0.15, 0.2) is 0 Å². The quantitative estimate of drug-likeness (QED) is 0.744. The zero-order chi connectivity index (χ0) is 17.6. The van der Waals surface area contributed by atoms with E-state index in [2.05, 4.69) is 20.6 Å². The highest BCUT2D eigenvalue weighted by molar-refractivity contribution is 6.03. The molecule has 3 aromatic rings. The Morgan fingerprint density at radius 3 is 2.40 bits per heavy atom. The van der Waals surface area contributed by atoms with Gasteiger partial charge < -0.3 is 10.6 Å². The van der Waals surface area contributed by atoms with E-state index < -0.39 is 23.2 Å². The van der Waals surface area contributed by atoms with Gasteiger partial charge in [0.2, 0.25) is 0 Å². The first kappa shape index (κ1) is 16.5. The highest BCUT2D eigenvalue weighted by atomic mass is 19.1. The summed E-state index contributed by atoms with van der Waals surface area (Å²) >= 11 is 0. The first-order valence-corrected chi connectivity index (χ1v) is 7.48. The number of para-hydroxylation sites is 1. The summed E-state index contributed by atoms with van der Waals surface area (Å²) in [6.45, 7) is 0.515. The number of amides is 1. The van der Waals surface area contributed by atoms with Crippen molar-refractivity contribution in [3.63, 3.8) is 0 Å². The van der Waals surface area contributed by atoms with Gasteiger partial charge in [0.1, 0.15) is 35.2 Å². The molecule has 2 aromatic carbocycles. The molecule has 0 fully saturated rings. The van der Waals surface area contributed by atoms with Crippen LogP contribution in [0.4, 0.5) is 20.3 Å². The number of rotatable bonds is 5. The van der Waals surface area contributed by atoms with Crippen LogP contribution in [0, 0.1) is 11.6 Å². The zero-order valence-electron chi connectivity index (χ0n) is 13.0. The minimum absolute atomic E-state index is 0.00628. The van der Waals surface area contributed by atoms with Crippen molar-refractivity contribution >= 4 is 17.4 Å². The summed E-state index contributed by atoms with van der Waals surface area (Å²) in [4.78, 5) is 20.1. The fraction of sp³-hybridized carbons (Fsp3) is 0.0556. The second-order valence-electron chi connectivity index (χ2n) is 5.18. The number of carbonyl (C=O) groups is 1. The number of nitrogens with zero attached hydrogens (tertiary/aromatic N) is 2. The van der Waals surface area contributed by atoms with Crippen molar-refractivity contribution in [2.24, 2.45) is 0 Å². The van der Waals surface area contributed by atoms with E-state index in [1.165, 1.54) is 18.5 Å². The minimum atomic E-state index is -0.857. The molecule has 1 aromatic heterocycles. The number of nitrogens with one attached hydrogen (secondary N) is 2. The van der Waals surface area contributed by atoms with Gasteiger partial charge in [0.25, 0.3) is 5.91 Å². The lowest BCUT2D eigenvalue weighted by molar-refractivity contribution is 0.102. The van der Waals surface area contributed by atoms with Gasteiger partial charge in [-0.3, -0.25) is 4.79 Å². The molecule has 2 N–H and O–H groups in total. The van der Waals surface area contributed by atoms with Crippen LogP contribution < -0.4 is 10.6 Å². The molecule has 126 valence electrons. The van der Waals surface area contributed by atoms with Crippen LogP contribution in [-0.2, 0) is 6.54 Å². The van der Waals surface area contributed by atoms with Gasteiger partial charge in [-0.2, -0.15) is 0 Å². The Bertz CT molecular complexity index is 867. The number of aromatic nitrogens is 2. The fourth-order valence-corrected chi connectivity index (χ4v) is 2.16. The molecule has 7 heteroatoms. The molecule has 5 nitrogen and oxygen atoms in total. The maximum atomic E-state index is 13.6. The maximum absolute atomic E-state index is 13.6. The number of hydrogen-bond donors (Lipinski definition) is 2. The van der Waals surface area contributed by atoms with E-state index in [4.69, 9.17) is 0 Å². The smallest absolute Gasteiger partial charge is 0.274 e. The second-order valence-corrected chi connectivity index (χ2v) is 5.18. The van der Waals surface area contributed by atoms with Gasteiger partial charge >= 0.3 is 0 Å². The van der Waals surface area contributed by atoms with Gasteiger partial charge in [-0.05, 0) is 17.7 Å². The number of benzene rings is 2. The number of halogens is 2. The molecule has 0 unspecified atom stereocenters. The van der Waals surface area contributed by atoms with Crippen molar-refractivity contribution in [2.45, 2.75) is 6.54 Å². The van der Waals surface area contributed by atoms with E-state index in [9.17, 15) is 13.6 Å². The van der Waals surface area contributed by atoms with Crippen LogP contribution in [0.5, 0.6) is 0 Å². The summed E-state index contributed by atoms with van der Waals surface area (Å²) in [6.07, 6.45) is 1.21. The zero-order valence-corrected chi connectivity index (χ0v) is 13.0. The summed E-state index contributed by atoms with van der Waals surface area (Å²) in [5, 5.41) is 5.25. The molecule has 25 heavy (non-hydrogen) atoms. The Hall–Kier alpha value is -3.35. The van der Waals surface area contributed by atoms with Crippen molar-refractivity contribution < 1.29 is 13.6 Å². The molecule has 0 spiro atoms. The molecular formula is C18H14F2N4O. The van der Waals surface area contributed by atoms with Crippen molar-refractivity contribution in [2.75, 3.05) is 10.6 Å². The molecule has 0 aliphatic rings. The fourth-order valence-electron chi connectivity index (χ4n) is 2.16. The SMILES string of the molecule is O=C(Nc1c(F)cccc1F)c1cc(NCc2ccccc2)ncn1. The van der Waals surface area contributed by atoms with Crippen LogP contribution >= 0.6 is 0 Å².